The van der Waals surface area contributed by atoms with E-state index in [1.165, 1.54) is 17.7 Å². The van der Waals surface area contributed by atoms with E-state index in [1.807, 2.05) is 37.4 Å². The summed E-state index contributed by atoms with van der Waals surface area (Å²) >= 11 is 0. The number of nitrogens with one attached hydrogen (secondary N) is 2. The predicted molar refractivity (Wildman–Crippen MR) is 95.7 cm³/mol. The molecule has 140 valence electrons. The number of nitrogens with zero attached hydrogens (tertiary/aromatic N) is 1. The summed E-state index contributed by atoms with van der Waals surface area (Å²) in [5.41, 5.74) is 0.703. The predicted octanol–water partition coefficient (Wildman–Crippen LogP) is 3.37. The third-order valence-electron chi connectivity index (χ3n) is 3.75. The van der Waals surface area contributed by atoms with Crippen LogP contribution in [0, 0.1) is 0 Å². The van der Waals surface area contributed by atoms with E-state index in [0.29, 0.717) is 13.1 Å². The lowest BCUT2D eigenvalue weighted by molar-refractivity contribution is -0.137. The van der Waals surface area contributed by atoms with E-state index in [0.717, 1.165) is 18.7 Å². The van der Waals surface area contributed by atoms with E-state index in [1.54, 1.807) is 0 Å². The van der Waals surface area contributed by atoms with E-state index >= 15 is 0 Å². The number of rotatable bonds is 8. The molecule has 0 aliphatic carbocycles. The van der Waals surface area contributed by atoms with Crippen molar-refractivity contribution in [1.82, 2.24) is 10.2 Å². The third kappa shape index (κ3) is 6.76. The Morgan fingerprint density at radius 1 is 1.08 bits per heavy atom. The lowest BCUT2D eigenvalue weighted by Gasteiger charge is -2.17. The highest BCUT2D eigenvalue weighted by Crippen LogP contribution is 2.30. The van der Waals surface area contributed by atoms with Crippen LogP contribution >= 0.6 is 0 Å². The number of hydrogen-bond donors (Lipinski definition) is 2. The number of amides is 1. The molecular weight excluding hydrogens is 343 g/mol. The summed E-state index contributed by atoms with van der Waals surface area (Å²) < 4.78 is 38.0. The molecule has 0 bridgehead atoms. The maximum Gasteiger partial charge on any atom is 0.416 e. The van der Waals surface area contributed by atoms with Gasteiger partial charge in [-0.25, -0.2) is 0 Å². The summed E-state index contributed by atoms with van der Waals surface area (Å²) in [4.78, 5) is 13.9. The van der Waals surface area contributed by atoms with Crippen LogP contribution in [0.25, 0.3) is 0 Å². The minimum Gasteiger partial charge on any atom is -0.376 e. The second kappa shape index (κ2) is 9.24. The van der Waals surface area contributed by atoms with Crippen LogP contribution in [0.1, 0.15) is 11.1 Å². The maximum atomic E-state index is 12.7. The highest BCUT2D eigenvalue weighted by atomic mass is 19.4. The summed E-state index contributed by atoms with van der Waals surface area (Å²) in [7, 11) is 1.96. The Balaban J connectivity index is 1.69. The first-order chi connectivity index (χ1) is 12.3. The first kappa shape index (κ1) is 19.8. The van der Waals surface area contributed by atoms with Crippen LogP contribution in [0.3, 0.4) is 0 Å². The summed E-state index contributed by atoms with van der Waals surface area (Å²) in [5, 5.41) is 5.46. The number of alkyl halides is 3. The molecule has 2 rings (SSSR count). The van der Waals surface area contributed by atoms with Crippen LogP contribution < -0.4 is 10.6 Å². The smallest absolute Gasteiger partial charge is 0.376 e. The van der Waals surface area contributed by atoms with E-state index in [9.17, 15) is 18.0 Å². The Bertz CT molecular complexity index is 705. The Morgan fingerprint density at radius 2 is 1.81 bits per heavy atom. The molecule has 0 saturated heterocycles. The summed E-state index contributed by atoms with van der Waals surface area (Å²) in [6.07, 6.45) is -4.40. The van der Waals surface area contributed by atoms with E-state index in [4.69, 9.17) is 0 Å². The van der Waals surface area contributed by atoms with Crippen molar-refractivity contribution in [2.75, 3.05) is 32.0 Å². The fourth-order valence-corrected chi connectivity index (χ4v) is 2.41. The van der Waals surface area contributed by atoms with Gasteiger partial charge >= 0.3 is 6.18 Å². The monoisotopic (exact) mass is 365 g/mol. The van der Waals surface area contributed by atoms with Gasteiger partial charge in [0.05, 0.1) is 12.1 Å². The van der Waals surface area contributed by atoms with E-state index in [2.05, 4.69) is 15.5 Å². The SMILES string of the molecule is CN(CCNC(=O)CNc1cccc(C(F)(F)F)c1)Cc1ccccc1. The van der Waals surface area contributed by atoms with Crippen LogP contribution in [0.2, 0.25) is 0 Å². The van der Waals surface area contributed by atoms with Crippen molar-refractivity contribution in [3.05, 3.63) is 65.7 Å². The van der Waals surface area contributed by atoms with Gasteiger partial charge in [0.25, 0.3) is 0 Å². The zero-order chi connectivity index (χ0) is 19.0. The quantitative estimate of drug-likeness (QED) is 0.754. The largest absolute Gasteiger partial charge is 0.416 e. The van der Waals surface area contributed by atoms with Crippen LogP contribution in [0.15, 0.2) is 54.6 Å². The van der Waals surface area contributed by atoms with Crippen LogP contribution in [-0.2, 0) is 17.5 Å². The van der Waals surface area contributed by atoms with Crippen molar-refractivity contribution in [2.24, 2.45) is 0 Å². The highest BCUT2D eigenvalue weighted by molar-refractivity contribution is 5.80. The molecule has 0 fully saturated rings. The molecular formula is C19H22F3N3O. The standard InChI is InChI=1S/C19H22F3N3O/c1-25(14-15-6-3-2-4-7-15)11-10-23-18(26)13-24-17-9-5-8-16(12-17)19(20,21)22/h2-9,12,24H,10-11,13-14H2,1H3,(H,23,26). The molecule has 1 amide bonds. The fourth-order valence-electron chi connectivity index (χ4n) is 2.41. The van der Waals surface area contributed by atoms with Gasteiger partial charge < -0.3 is 15.5 Å². The van der Waals surface area contributed by atoms with Crippen molar-refractivity contribution in [2.45, 2.75) is 12.7 Å². The molecule has 0 saturated carbocycles. The van der Waals surface area contributed by atoms with Gasteiger partial charge in [-0.05, 0) is 30.8 Å². The first-order valence-electron chi connectivity index (χ1n) is 8.25. The molecule has 0 radical (unpaired) electrons. The van der Waals surface area contributed by atoms with E-state index in [-0.39, 0.29) is 18.1 Å². The Morgan fingerprint density at radius 3 is 2.50 bits per heavy atom. The summed E-state index contributed by atoms with van der Waals surface area (Å²) in [6, 6.07) is 14.8. The number of anilines is 1. The number of likely N-dealkylation sites (N-methyl/N-ethyl adjacent to an activating group) is 1. The van der Waals surface area contributed by atoms with E-state index < -0.39 is 11.7 Å². The number of carbonyl (C=O) groups excluding carboxylic acids is 1. The lowest BCUT2D eigenvalue weighted by Crippen LogP contribution is -2.35. The minimum atomic E-state index is -4.40. The second-order valence-corrected chi connectivity index (χ2v) is 6.01. The molecule has 4 nitrogen and oxygen atoms in total. The topological polar surface area (TPSA) is 44.4 Å². The molecule has 0 heterocycles. The lowest BCUT2D eigenvalue weighted by atomic mass is 10.2. The van der Waals surface area contributed by atoms with Crippen LogP contribution in [0.4, 0.5) is 18.9 Å². The fraction of sp³-hybridized carbons (Fsp3) is 0.316. The molecule has 26 heavy (non-hydrogen) atoms. The zero-order valence-electron chi connectivity index (χ0n) is 14.5. The number of carbonyl (C=O) groups is 1. The average molecular weight is 365 g/mol. The molecule has 0 aliphatic heterocycles. The van der Waals surface area contributed by atoms with Gasteiger partial charge in [-0.3, -0.25) is 4.79 Å². The van der Waals surface area contributed by atoms with Gasteiger partial charge in [0, 0.05) is 25.3 Å². The Labute approximate surface area is 151 Å². The molecule has 0 aromatic heterocycles. The normalized spacial score (nSPS) is 11.4. The van der Waals surface area contributed by atoms with Crippen molar-refractivity contribution >= 4 is 11.6 Å². The third-order valence-corrected chi connectivity index (χ3v) is 3.75. The van der Waals surface area contributed by atoms with Crippen molar-refractivity contribution in [3.8, 4) is 0 Å². The average Bonchev–Trinajstić information content (AvgIpc) is 2.60. The first-order valence-corrected chi connectivity index (χ1v) is 8.25. The highest BCUT2D eigenvalue weighted by Gasteiger charge is 2.30. The number of hydrogen-bond acceptors (Lipinski definition) is 3. The Hall–Kier alpha value is -2.54. The van der Waals surface area contributed by atoms with Gasteiger partial charge in [0.2, 0.25) is 5.91 Å². The minimum absolute atomic E-state index is 0.0797. The molecule has 0 unspecified atom stereocenters. The van der Waals surface area contributed by atoms with Gasteiger partial charge in [0.1, 0.15) is 0 Å². The summed E-state index contributed by atoms with van der Waals surface area (Å²) in [6.45, 7) is 1.83. The van der Waals surface area contributed by atoms with Gasteiger partial charge in [-0.15, -0.1) is 0 Å². The van der Waals surface area contributed by atoms with Crippen LogP contribution in [-0.4, -0.2) is 37.5 Å². The van der Waals surface area contributed by atoms with Gasteiger partial charge in [-0.1, -0.05) is 36.4 Å². The molecule has 2 N–H and O–H groups in total. The maximum absolute atomic E-state index is 12.7. The molecule has 0 spiro atoms. The zero-order valence-corrected chi connectivity index (χ0v) is 14.5. The second-order valence-electron chi connectivity index (χ2n) is 6.01. The van der Waals surface area contributed by atoms with Crippen molar-refractivity contribution in [3.63, 3.8) is 0 Å². The van der Waals surface area contributed by atoms with Crippen molar-refractivity contribution in [1.29, 1.82) is 0 Å². The molecule has 2 aromatic carbocycles. The van der Waals surface area contributed by atoms with Crippen LogP contribution in [0.5, 0.6) is 0 Å². The molecule has 0 atom stereocenters. The Kier molecular flexibility index (Phi) is 7.03. The number of benzene rings is 2. The van der Waals surface area contributed by atoms with Gasteiger partial charge in [0.15, 0.2) is 0 Å². The number of halogens is 3. The summed E-state index contributed by atoms with van der Waals surface area (Å²) in [5.74, 6) is -0.268. The van der Waals surface area contributed by atoms with Gasteiger partial charge in [-0.2, -0.15) is 13.2 Å². The molecule has 2 aromatic rings. The van der Waals surface area contributed by atoms with Crippen molar-refractivity contribution < 1.29 is 18.0 Å². The molecule has 7 heteroatoms. The molecule has 0 aliphatic rings.